The Labute approximate surface area is 165 Å². The molecule has 1 aromatic carbocycles. The second kappa shape index (κ2) is 10.9. The van der Waals surface area contributed by atoms with E-state index in [-0.39, 0.29) is 36.3 Å². The van der Waals surface area contributed by atoms with Gasteiger partial charge in [0.25, 0.3) is 0 Å². The fourth-order valence-corrected chi connectivity index (χ4v) is 2.54. The summed E-state index contributed by atoms with van der Waals surface area (Å²) in [7, 11) is 1.69. The van der Waals surface area contributed by atoms with Gasteiger partial charge in [0.05, 0.1) is 19.8 Å². The lowest BCUT2D eigenvalue weighted by molar-refractivity contribution is 0.0388. The van der Waals surface area contributed by atoms with Gasteiger partial charge in [0.1, 0.15) is 11.4 Å². The topological polar surface area (TPSA) is 69.1 Å². The van der Waals surface area contributed by atoms with E-state index in [4.69, 9.17) is 4.74 Å². The lowest BCUT2D eigenvalue weighted by Gasteiger charge is -2.28. The molecule has 2 rings (SSSR count). The maximum atomic E-state index is 13.0. The number of nitrogens with zero attached hydrogens (tertiary/aromatic N) is 2. The lowest BCUT2D eigenvalue weighted by atomic mass is 9.96. The number of rotatable bonds is 6. The number of benzene rings is 1. The van der Waals surface area contributed by atoms with Crippen LogP contribution in [0.5, 0.6) is 0 Å². The van der Waals surface area contributed by atoms with E-state index in [1.54, 1.807) is 26.1 Å². The minimum Gasteiger partial charge on any atom is -0.384 e. The number of morpholine rings is 1. The molecule has 25 heavy (non-hydrogen) atoms. The zero-order valence-electron chi connectivity index (χ0n) is 14.8. The van der Waals surface area contributed by atoms with Crippen LogP contribution in [0, 0.1) is 5.82 Å². The Morgan fingerprint density at radius 2 is 1.92 bits per heavy atom. The third kappa shape index (κ3) is 7.43. The zero-order valence-corrected chi connectivity index (χ0v) is 17.1. The van der Waals surface area contributed by atoms with Crippen molar-refractivity contribution in [3.63, 3.8) is 0 Å². The molecule has 1 heterocycles. The molecule has 0 saturated carbocycles. The third-order valence-corrected chi connectivity index (χ3v) is 4.11. The molecule has 0 aromatic heterocycles. The van der Waals surface area contributed by atoms with Gasteiger partial charge in [-0.15, -0.1) is 24.0 Å². The van der Waals surface area contributed by atoms with Crippen LogP contribution in [0.2, 0.25) is 0 Å². The summed E-state index contributed by atoms with van der Waals surface area (Å²) in [6.07, 6.45) is 0. The first-order chi connectivity index (χ1) is 11.5. The highest BCUT2D eigenvalue weighted by Crippen LogP contribution is 2.19. The SMILES string of the molecule is CN=C(NCCN1CCOCC1)NCC(C)(O)c1ccc(F)cc1.I. The molecule has 0 radical (unpaired) electrons. The van der Waals surface area contributed by atoms with Crippen molar-refractivity contribution in [1.29, 1.82) is 0 Å². The van der Waals surface area contributed by atoms with Crippen LogP contribution in [0.3, 0.4) is 0 Å². The number of guanidine groups is 1. The first kappa shape index (κ1) is 22.1. The van der Waals surface area contributed by atoms with E-state index in [0.717, 1.165) is 39.4 Å². The predicted octanol–water partition coefficient (Wildman–Crippen LogP) is 1.15. The van der Waals surface area contributed by atoms with Gasteiger partial charge >= 0.3 is 0 Å². The standard InChI is InChI=1S/C17H27FN4O2.HI/c1-17(23,14-3-5-15(18)6-4-14)13-21-16(19-2)20-7-8-22-9-11-24-12-10-22;/h3-6,23H,7-13H2,1-2H3,(H2,19,20,21);1H. The minimum absolute atomic E-state index is 0. The fourth-order valence-electron chi connectivity index (χ4n) is 2.54. The van der Waals surface area contributed by atoms with E-state index in [0.29, 0.717) is 11.5 Å². The average molecular weight is 466 g/mol. The number of ether oxygens (including phenoxy) is 1. The smallest absolute Gasteiger partial charge is 0.191 e. The highest BCUT2D eigenvalue weighted by molar-refractivity contribution is 14.0. The van der Waals surface area contributed by atoms with Gasteiger partial charge < -0.3 is 20.5 Å². The Hall–Kier alpha value is -0.970. The van der Waals surface area contributed by atoms with Gasteiger partial charge in [-0.2, -0.15) is 0 Å². The molecule has 1 unspecified atom stereocenters. The van der Waals surface area contributed by atoms with Gasteiger partial charge in [-0.05, 0) is 24.6 Å². The van der Waals surface area contributed by atoms with Crippen molar-refractivity contribution in [2.45, 2.75) is 12.5 Å². The van der Waals surface area contributed by atoms with Crippen LogP contribution >= 0.6 is 24.0 Å². The van der Waals surface area contributed by atoms with E-state index >= 15 is 0 Å². The first-order valence-electron chi connectivity index (χ1n) is 8.24. The van der Waals surface area contributed by atoms with Crippen molar-refractivity contribution >= 4 is 29.9 Å². The van der Waals surface area contributed by atoms with Crippen molar-refractivity contribution < 1.29 is 14.2 Å². The van der Waals surface area contributed by atoms with Crippen molar-refractivity contribution in [3.05, 3.63) is 35.6 Å². The fraction of sp³-hybridized carbons (Fsp3) is 0.588. The van der Waals surface area contributed by atoms with Crippen LogP contribution in [0.25, 0.3) is 0 Å². The molecule has 8 heteroatoms. The zero-order chi connectivity index (χ0) is 17.4. The number of aliphatic hydroxyl groups is 1. The molecule has 1 fully saturated rings. The Morgan fingerprint density at radius 1 is 1.28 bits per heavy atom. The summed E-state index contributed by atoms with van der Waals surface area (Å²) in [4.78, 5) is 6.49. The normalized spacial score (nSPS) is 18.2. The number of nitrogens with one attached hydrogen (secondary N) is 2. The van der Waals surface area contributed by atoms with Gasteiger partial charge in [0.2, 0.25) is 0 Å². The molecular weight excluding hydrogens is 438 g/mol. The maximum Gasteiger partial charge on any atom is 0.191 e. The molecule has 1 atom stereocenters. The van der Waals surface area contributed by atoms with E-state index in [1.807, 2.05) is 0 Å². The van der Waals surface area contributed by atoms with E-state index in [1.165, 1.54) is 12.1 Å². The molecule has 1 aliphatic rings. The summed E-state index contributed by atoms with van der Waals surface area (Å²) in [5.74, 6) is 0.314. The lowest BCUT2D eigenvalue weighted by Crippen LogP contribution is -2.47. The van der Waals surface area contributed by atoms with Crippen molar-refractivity contribution in [2.24, 2.45) is 4.99 Å². The quantitative estimate of drug-likeness (QED) is 0.334. The molecule has 6 nitrogen and oxygen atoms in total. The van der Waals surface area contributed by atoms with Gasteiger partial charge in [-0.3, -0.25) is 9.89 Å². The average Bonchev–Trinajstić information content (AvgIpc) is 2.59. The molecule has 3 N–H and O–H groups in total. The Morgan fingerprint density at radius 3 is 2.52 bits per heavy atom. The molecule has 1 aromatic rings. The maximum absolute atomic E-state index is 13.0. The van der Waals surface area contributed by atoms with Gasteiger partial charge in [-0.1, -0.05) is 12.1 Å². The third-order valence-electron chi connectivity index (χ3n) is 4.11. The summed E-state index contributed by atoms with van der Waals surface area (Å²) >= 11 is 0. The Kier molecular flexibility index (Phi) is 9.62. The van der Waals surface area contributed by atoms with Crippen LogP contribution in [0.4, 0.5) is 4.39 Å². The molecule has 0 spiro atoms. The van der Waals surface area contributed by atoms with Gasteiger partial charge in [0, 0.05) is 33.2 Å². The van der Waals surface area contributed by atoms with Crippen molar-refractivity contribution in [3.8, 4) is 0 Å². The molecule has 1 saturated heterocycles. The molecule has 142 valence electrons. The van der Waals surface area contributed by atoms with Gasteiger partial charge in [-0.25, -0.2) is 4.39 Å². The first-order valence-corrected chi connectivity index (χ1v) is 8.24. The summed E-state index contributed by atoms with van der Waals surface area (Å²) in [5, 5.41) is 16.9. The van der Waals surface area contributed by atoms with E-state index in [9.17, 15) is 9.50 Å². The van der Waals surface area contributed by atoms with Crippen LogP contribution in [-0.2, 0) is 10.3 Å². The summed E-state index contributed by atoms with van der Waals surface area (Å²) in [6, 6.07) is 5.87. The molecule has 1 aliphatic heterocycles. The van der Waals surface area contributed by atoms with Crippen LogP contribution in [0.1, 0.15) is 12.5 Å². The number of halogens is 2. The summed E-state index contributed by atoms with van der Waals surface area (Å²) in [5.41, 5.74) is -0.463. The molecule has 0 aliphatic carbocycles. The van der Waals surface area contributed by atoms with Crippen LogP contribution in [-0.4, -0.2) is 69.0 Å². The highest BCUT2D eigenvalue weighted by atomic mass is 127. The van der Waals surface area contributed by atoms with E-state index < -0.39 is 5.60 Å². The van der Waals surface area contributed by atoms with Gasteiger partial charge in [0.15, 0.2) is 5.96 Å². The number of aliphatic imine (C=N–C) groups is 1. The highest BCUT2D eigenvalue weighted by Gasteiger charge is 2.23. The summed E-state index contributed by atoms with van der Waals surface area (Å²) < 4.78 is 18.3. The number of hydrogen-bond acceptors (Lipinski definition) is 4. The molecule has 0 amide bonds. The Bertz CT molecular complexity index is 534. The molecular formula is C17H28FIN4O2. The number of hydrogen-bond donors (Lipinski definition) is 3. The van der Waals surface area contributed by atoms with Crippen molar-refractivity contribution in [1.82, 2.24) is 15.5 Å². The second-order valence-electron chi connectivity index (χ2n) is 6.09. The van der Waals surface area contributed by atoms with Crippen LogP contribution < -0.4 is 10.6 Å². The van der Waals surface area contributed by atoms with Crippen LogP contribution in [0.15, 0.2) is 29.3 Å². The predicted molar refractivity (Wildman–Crippen MR) is 108 cm³/mol. The Balaban J connectivity index is 0.00000312. The monoisotopic (exact) mass is 466 g/mol. The molecule has 0 bridgehead atoms. The second-order valence-corrected chi connectivity index (χ2v) is 6.09. The van der Waals surface area contributed by atoms with Crippen molar-refractivity contribution in [2.75, 3.05) is 53.0 Å². The minimum atomic E-state index is -1.12. The summed E-state index contributed by atoms with van der Waals surface area (Å²) in [6.45, 7) is 7.11. The van der Waals surface area contributed by atoms with E-state index in [2.05, 4.69) is 20.5 Å². The largest absolute Gasteiger partial charge is 0.384 e.